The fraction of sp³-hybridized carbons (Fsp3) is 0.0714. The summed E-state index contributed by atoms with van der Waals surface area (Å²) in [7, 11) is -9.66. The number of hydrogen-bond donors (Lipinski definition) is 0. The van der Waals surface area contributed by atoms with Crippen LogP contribution in [0.2, 0.25) is 0 Å². The van der Waals surface area contributed by atoms with Gasteiger partial charge < -0.3 is 0 Å². The molecule has 0 amide bonds. The molecule has 1 aliphatic heterocycles. The van der Waals surface area contributed by atoms with Crippen molar-refractivity contribution < 1.29 is 19.4 Å². The first-order valence-corrected chi connectivity index (χ1v) is 8.86. The first kappa shape index (κ1) is 15.5. The largest absolute Gasteiger partial charge is 0.310 e. The third kappa shape index (κ3) is 3.03. The van der Waals surface area contributed by atoms with Crippen LogP contribution in [0.4, 0.5) is 19.4 Å². The summed E-state index contributed by atoms with van der Waals surface area (Å²) in [5.41, 5.74) is 0.763. The molecule has 22 heavy (non-hydrogen) atoms. The number of benzene rings is 2. The number of nitrogens with zero attached hydrogens (tertiary/aromatic N) is 1. The van der Waals surface area contributed by atoms with Crippen LogP contribution in [-0.4, -0.2) is 0 Å². The van der Waals surface area contributed by atoms with Gasteiger partial charge in [0.2, 0.25) is 0 Å². The molecule has 0 bridgehead atoms. The molecular formula is C14H9BrF5NS. The lowest BCUT2D eigenvalue weighted by Crippen LogP contribution is -2.23. The molecule has 0 aromatic heterocycles. The summed E-state index contributed by atoms with van der Waals surface area (Å²) in [5, 5.41) is 0.339. The second-order valence-corrected chi connectivity index (χ2v) is 8.31. The predicted octanol–water partition coefficient (Wildman–Crippen LogP) is 5.26. The molecule has 0 saturated carbocycles. The third-order valence-electron chi connectivity index (χ3n) is 3.25. The zero-order valence-electron chi connectivity index (χ0n) is 10.8. The highest BCUT2D eigenvalue weighted by Gasteiger charge is 2.65. The zero-order valence-corrected chi connectivity index (χ0v) is 13.2. The Bertz CT molecular complexity index is 892. The van der Waals surface area contributed by atoms with Crippen LogP contribution in [0.15, 0.2) is 56.8 Å². The lowest BCUT2D eigenvalue weighted by atomic mass is 10.1. The average Bonchev–Trinajstić information content (AvgIpc) is 2.78. The van der Waals surface area contributed by atoms with E-state index in [0.717, 1.165) is 16.1 Å². The Morgan fingerprint density at radius 2 is 1.68 bits per heavy atom. The normalized spacial score (nSPS) is 20.4. The summed E-state index contributed by atoms with van der Waals surface area (Å²) in [4.78, 5) is 2.37. The minimum Gasteiger partial charge on any atom is -0.272 e. The molecule has 118 valence electrons. The second kappa shape index (κ2) is 4.11. The lowest BCUT2D eigenvalue weighted by molar-refractivity contribution is 0.364. The van der Waals surface area contributed by atoms with Crippen LogP contribution in [0.25, 0.3) is 6.08 Å². The molecule has 0 aliphatic carbocycles. The van der Waals surface area contributed by atoms with Gasteiger partial charge in [-0.15, -0.1) is 0 Å². The summed E-state index contributed by atoms with van der Waals surface area (Å²) < 4.78 is 65.0. The van der Waals surface area contributed by atoms with Gasteiger partial charge in [-0.3, -0.25) is 4.99 Å². The van der Waals surface area contributed by atoms with Gasteiger partial charge >= 0.3 is 10.2 Å². The number of halogens is 6. The van der Waals surface area contributed by atoms with Crippen molar-refractivity contribution in [2.24, 2.45) is 4.99 Å². The summed E-state index contributed by atoms with van der Waals surface area (Å²) in [6, 6.07) is 8.48. The van der Waals surface area contributed by atoms with Crippen molar-refractivity contribution in [3.05, 3.63) is 63.1 Å². The molecule has 0 radical (unpaired) electrons. The Hall–Kier alpha value is -1.41. The van der Waals surface area contributed by atoms with Crippen molar-refractivity contribution in [3.8, 4) is 0 Å². The Morgan fingerprint density at radius 1 is 0.955 bits per heavy atom. The van der Waals surface area contributed by atoms with Gasteiger partial charge in [0.05, 0.1) is 11.4 Å². The lowest BCUT2D eigenvalue weighted by Gasteiger charge is -2.40. The molecule has 3 rings (SSSR count). The van der Waals surface area contributed by atoms with Gasteiger partial charge in [-0.2, -0.15) is 0 Å². The van der Waals surface area contributed by atoms with Crippen molar-refractivity contribution in [2.45, 2.75) is 10.9 Å². The highest BCUT2D eigenvalue weighted by molar-refractivity contribution is 9.10. The molecule has 0 spiro atoms. The number of hydrogen-bond acceptors (Lipinski definition) is 1. The van der Waals surface area contributed by atoms with Crippen LogP contribution in [0.3, 0.4) is 0 Å². The highest BCUT2D eigenvalue weighted by Crippen LogP contribution is 3.01. The zero-order chi connectivity index (χ0) is 16.2. The quantitative estimate of drug-likeness (QED) is 0.612. The van der Waals surface area contributed by atoms with E-state index in [0.29, 0.717) is 12.1 Å². The van der Waals surface area contributed by atoms with Crippen molar-refractivity contribution in [2.75, 3.05) is 0 Å². The first-order chi connectivity index (χ1) is 9.92. The van der Waals surface area contributed by atoms with E-state index in [9.17, 15) is 19.4 Å². The summed E-state index contributed by atoms with van der Waals surface area (Å²) in [5.74, 6) is 0. The monoisotopic (exact) mass is 397 g/mol. The molecule has 1 aliphatic rings. The fourth-order valence-corrected chi connectivity index (χ4v) is 3.33. The van der Waals surface area contributed by atoms with E-state index in [4.69, 9.17) is 0 Å². The van der Waals surface area contributed by atoms with Crippen molar-refractivity contribution >= 4 is 32.2 Å². The van der Waals surface area contributed by atoms with E-state index < -0.39 is 21.2 Å². The summed E-state index contributed by atoms with van der Waals surface area (Å²) >= 11 is 3.30. The molecule has 0 saturated heterocycles. The van der Waals surface area contributed by atoms with Crippen molar-refractivity contribution in [1.29, 1.82) is 0 Å². The molecule has 1 nitrogen and oxygen atoms in total. The average molecular weight is 398 g/mol. The van der Waals surface area contributed by atoms with Crippen LogP contribution in [-0.2, 0) is 0 Å². The Morgan fingerprint density at radius 3 is 2.32 bits per heavy atom. The smallest absolute Gasteiger partial charge is 0.272 e. The molecule has 1 atom stereocenters. The van der Waals surface area contributed by atoms with Gasteiger partial charge in [0.15, 0.2) is 0 Å². The molecule has 0 N–H and O–H groups in total. The maximum atomic E-state index is 12.8. The Kier molecular flexibility index (Phi) is 2.89. The van der Waals surface area contributed by atoms with Crippen LogP contribution >= 0.6 is 26.2 Å². The van der Waals surface area contributed by atoms with E-state index in [1.165, 1.54) is 6.08 Å². The van der Waals surface area contributed by atoms with Crippen LogP contribution < -0.4 is 10.6 Å². The summed E-state index contributed by atoms with van der Waals surface area (Å²) in [6.07, 6.45) is 1.45. The van der Waals surface area contributed by atoms with E-state index in [-0.39, 0.29) is 10.6 Å². The Labute approximate surface area is 131 Å². The molecule has 0 unspecified atom stereocenters. The highest BCUT2D eigenvalue weighted by atomic mass is 79.9. The van der Waals surface area contributed by atoms with Gasteiger partial charge in [0, 0.05) is 4.47 Å². The molecular weight excluding hydrogens is 389 g/mol. The van der Waals surface area contributed by atoms with E-state index in [1.807, 2.05) is 0 Å². The Balaban J connectivity index is 2.12. The third-order valence-corrected chi connectivity index (χ3v) is 4.89. The molecule has 1 heterocycles. The maximum Gasteiger partial charge on any atom is 0.310 e. The van der Waals surface area contributed by atoms with E-state index in [2.05, 4.69) is 20.9 Å². The standard InChI is InChI=1S/C14H9BrF5NS/c15-11-3-1-2-9(6-11)14-8-10-7-12(4-5-13(10)21-14)22(16,17,18,19)20/h1-8,14H/t14-/m0/s1. The van der Waals surface area contributed by atoms with Gasteiger partial charge in [-0.25, -0.2) is 0 Å². The number of rotatable bonds is 2. The minimum absolute atomic E-state index is 0.0655. The minimum atomic E-state index is -9.66. The van der Waals surface area contributed by atoms with Gasteiger partial charge in [0.1, 0.15) is 4.90 Å². The van der Waals surface area contributed by atoms with Crippen LogP contribution in [0.1, 0.15) is 11.6 Å². The second-order valence-electron chi connectivity index (χ2n) is 4.99. The topological polar surface area (TPSA) is 12.4 Å². The molecule has 0 fully saturated rings. The van der Waals surface area contributed by atoms with Crippen molar-refractivity contribution in [1.82, 2.24) is 0 Å². The van der Waals surface area contributed by atoms with Crippen LogP contribution in [0, 0.1) is 0 Å². The predicted molar refractivity (Wildman–Crippen MR) is 80.0 cm³/mol. The van der Waals surface area contributed by atoms with Crippen molar-refractivity contribution in [3.63, 3.8) is 0 Å². The van der Waals surface area contributed by atoms with Gasteiger partial charge in [-0.1, -0.05) is 47.5 Å². The summed E-state index contributed by atoms with van der Waals surface area (Å²) in [6.45, 7) is 0. The fourth-order valence-electron chi connectivity index (χ4n) is 2.24. The SMILES string of the molecule is FS(F)(F)(F)(F)c1ccc2c(c1)=C[C@@H](c1cccc(Br)c1)N=2. The van der Waals surface area contributed by atoms with E-state index in [1.54, 1.807) is 24.3 Å². The van der Waals surface area contributed by atoms with Gasteiger partial charge in [0.25, 0.3) is 0 Å². The molecule has 2 aromatic carbocycles. The van der Waals surface area contributed by atoms with Crippen LogP contribution in [0.5, 0.6) is 0 Å². The molecule has 2 aromatic rings. The molecule has 8 heteroatoms. The van der Waals surface area contributed by atoms with Gasteiger partial charge in [-0.05, 0) is 47.2 Å². The maximum absolute atomic E-state index is 12.8. The van der Waals surface area contributed by atoms with E-state index >= 15 is 0 Å². The number of fused-ring (bicyclic) bond motifs is 1. The first-order valence-electron chi connectivity index (χ1n) is 6.12.